The van der Waals surface area contributed by atoms with E-state index in [2.05, 4.69) is 10.1 Å². The molecule has 1 aliphatic carbocycles. The molecule has 1 saturated carbocycles. The van der Waals surface area contributed by atoms with Crippen molar-refractivity contribution < 1.29 is 0 Å². The van der Waals surface area contributed by atoms with Gasteiger partial charge >= 0.3 is 0 Å². The quantitative estimate of drug-likeness (QED) is 0.638. The van der Waals surface area contributed by atoms with Crippen LogP contribution in [0.1, 0.15) is 44.0 Å². The van der Waals surface area contributed by atoms with Crippen LogP contribution < -0.4 is 0 Å². The SMILES string of the molecule is Cc1ncn(C2CCCCC2)n1. The summed E-state index contributed by atoms with van der Waals surface area (Å²) in [5, 5.41) is 4.34. The molecule has 1 aromatic rings. The number of aryl methyl sites for hydroxylation is 1. The summed E-state index contributed by atoms with van der Waals surface area (Å²) in [5.41, 5.74) is 0. The van der Waals surface area contributed by atoms with Gasteiger partial charge in [0.1, 0.15) is 12.2 Å². The Hall–Kier alpha value is -0.860. The second-order valence-electron chi connectivity index (χ2n) is 3.56. The fraction of sp³-hybridized carbons (Fsp3) is 0.778. The molecule has 0 aromatic carbocycles. The molecule has 3 nitrogen and oxygen atoms in total. The van der Waals surface area contributed by atoms with Gasteiger partial charge in [0.15, 0.2) is 0 Å². The minimum atomic E-state index is 0.625. The summed E-state index contributed by atoms with van der Waals surface area (Å²) in [6.45, 7) is 1.94. The van der Waals surface area contributed by atoms with Crippen molar-refractivity contribution in [2.45, 2.75) is 45.1 Å². The van der Waals surface area contributed by atoms with Crippen molar-refractivity contribution >= 4 is 0 Å². The largest absolute Gasteiger partial charge is 0.250 e. The molecule has 0 radical (unpaired) electrons. The van der Waals surface area contributed by atoms with Crippen LogP contribution in [-0.4, -0.2) is 14.8 Å². The topological polar surface area (TPSA) is 30.7 Å². The first-order chi connectivity index (χ1) is 5.86. The van der Waals surface area contributed by atoms with Gasteiger partial charge in [-0.25, -0.2) is 9.67 Å². The zero-order valence-corrected chi connectivity index (χ0v) is 7.53. The molecule has 1 fully saturated rings. The van der Waals surface area contributed by atoms with Crippen LogP contribution in [0.15, 0.2) is 6.33 Å². The van der Waals surface area contributed by atoms with Gasteiger partial charge in [-0.1, -0.05) is 19.3 Å². The van der Waals surface area contributed by atoms with Gasteiger partial charge in [-0.3, -0.25) is 0 Å². The molecule has 0 aliphatic heterocycles. The third-order valence-corrected chi connectivity index (χ3v) is 2.57. The number of hydrogen-bond acceptors (Lipinski definition) is 2. The molecule has 0 atom stereocenters. The van der Waals surface area contributed by atoms with Crippen LogP contribution in [0.2, 0.25) is 0 Å². The lowest BCUT2D eigenvalue weighted by atomic mass is 9.96. The summed E-state index contributed by atoms with van der Waals surface area (Å²) in [7, 11) is 0. The van der Waals surface area contributed by atoms with Crippen molar-refractivity contribution in [3.63, 3.8) is 0 Å². The standard InChI is InChI=1S/C9H15N3/c1-8-10-7-12(11-8)9-5-3-2-4-6-9/h7,9H,2-6H2,1H3. The number of hydrogen-bond donors (Lipinski definition) is 0. The van der Waals surface area contributed by atoms with Crippen molar-refractivity contribution in [2.24, 2.45) is 0 Å². The van der Waals surface area contributed by atoms with Crippen LogP contribution in [-0.2, 0) is 0 Å². The van der Waals surface area contributed by atoms with E-state index in [9.17, 15) is 0 Å². The first kappa shape index (κ1) is 7.77. The van der Waals surface area contributed by atoms with Crippen LogP contribution >= 0.6 is 0 Å². The predicted molar refractivity (Wildman–Crippen MR) is 46.9 cm³/mol. The highest BCUT2D eigenvalue weighted by molar-refractivity contribution is 4.79. The molecule has 0 spiro atoms. The molecule has 0 bridgehead atoms. The highest BCUT2D eigenvalue weighted by atomic mass is 15.3. The van der Waals surface area contributed by atoms with E-state index in [0.717, 1.165) is 5.82 Å². The second-order valence-corrected chi connectivity index (χ2v) is 3.56. The maximum absolute atomic E-state index is 4.34. The van der Waals surface area contributed by atoms with E-state index in [4.69, 9.17) is 0 Å². The lowest BCUT2D eigenvalue weighted by Crippen LogP contribution is -2.13. The Bertz CT molecular complexity index is 248. The summed E-state index contributed by atoms with van der Waals surface area (Å²) in [6, 6.07) is 0.625. The first-order valence-corrected chi connectivity index (χ1v) is 4.74. The molecule has 12 heavy (non-hydrogen) atoms. The highest BCUT2D eigenvalue weighted by Crippen LogP contribution is 2.26. The molecule has 3 heteroatoms. The Morgan fingerprint density at radius 2 is 2.08 bits per heavy atom. The minimum Gasteiger partial charge on any atom is -0.250 e. The van der Waals surface area contributed by atoms with Gasteiger partial charge in [0.2, 0.25) is 0 Å². The fourth-order valence-electron chi connectivity index (χ4n) is 1.88. The molecule has 1 aliphatic rings. The van der Waals surface area contributed by atoms with Gasteiger partial charge in [-0.2, -0.15) is 5.10 Å². The van der Waals surface area contributed by atoms with Gasteiger partial charge in [0, 0.05) is 0 Å². The lowest BCUT2D eigenvalue weighted by Gasteiger charge is -2.21. The molecule has 0 amide bonds. The van der Waals surface area contributed by atoms with Crippen molar-refractivity contribution in [1.29, 1.82) is 0 Å². The summed E-state index contributed by atoms with van der Waals surface area (Å²) >= 11 is 0. The normalized spacial score (nSPS) is 19.8. The average Bonchev–Trinajstić information content (AvgIpc) is 2.54. The van der Waals surface area contributed by atoms with Crippen molar-refractivity contribution in [2.75, 3.05) is 0 Å². The molecule has 0 saturated heterocycles. The van der Waals surface area contributed by atoms with Crippen molar-refractivity contribution in [3.8, 4) is 0 Å². The Morgan fingerprint density at radius 1 is 1.33 bits per heavy atom. The van der Waals surface area contributed by atoms with E-state index in [1.807, 2.05) is 17.9 Å². The summed E-state index contributed by atoms with van der Waals surface area (Å²) in [4.78, 5) is 4.14. The van der Waals surface area contributed by atoms with Crippen LogP contribution in [0.5, 0.6) is 0 Å². The van der Waals surface area contributed by atoms with Crippen LogP contribution in [0.4, 0.5) is 0 Å². The lowest BCUT2D eigenvalue weighted by molar-refractivity contribution is 0.328. The van der Waals surface area contributed by atoms with E-state index >= 15 is 0 Å². The summed E-state index contributed by atoms with van der Waals surface area (Å²) in [5.74, 6) is 0.889. The first-order valence-electron chi connectivity index (χ1n) is 4.74. The monoisotopic (exact) mass is 165 g/mol. The molecule has 0 unspecified atom stereocenters. The summed E-state index contributed by atoms with van der Waals surface area (Å²) < 4.78 is 2.04. The smallest absolute Gasteiger partial charge is 0.147 e. The molecule has 1 heterocycles. The zero-order valence-electron chi connectivity index (χ0n) is 7.53. The van der Waals surface area contributed by atoms with Gasteiger partial charge in [0.25, 0.3) is 0 Å². The van der Waals surface area contributed by atoms with Gasteiger partial charge in [-0.15, -0.1) is 0 Å². The molecule has 0 N–H and O–H groups in total. The molecular weight excluding hydrogens is 150 g/mol. The highest BCUT2D eigenvalue weighted by Gasteiger charge is 2.15. The predicted octanol–water partition coefficient (Wildman–Crippen LogP) is 2.09. The van der Waals surface area contributed by atoms with E-state index in [1.54, 1.807) is 0 Å². The zero-order chi connectivity index (χ0) is 8.39. The molecular formula is C9H15N3. The van der Waals surface area contributed by atoms with E-state index in [1.165, 1.54) is 32.1 Å². The van der Waals surface area contributed by atoms with Crippen LogP contribution in [0.3, 0.4) is 0 Å². The van der Waals surface area contributed by atoms with Gasteiger partial charge < -0.3 is 0 Å². The third kappa shape index (κ3) is 1.49. The van der Waals surface area contributed by atoms with Crippen LogP contribution in [0.25, 0.3) is 0 Å². The fourth-order valence-corrected chi connectivity index (χ4v) is 1.88. The number of nitrogens with zero attached hydrogens (tertiary/aromatic N) is 3. The molecule has 1 aromatic heterocycles. The van der Waals surface area contributed by atoms with Gasteiger partial charge in [0.05, 0.1) is 6.04 Å². The van der Waals surface area contributed by atoms with E-state index < -0.39 is 0 Å². The number of rotatable bonds is 1. The van der Waals surface area contributed by atoms with Crippen molar-refractivity contribution in [1.82, 2.24) is 14.8 Å². The molecule has 2 rings (SSSR count). The Balaban J connectivity index is 2.08. The molecule has 66 valence electrons. The minimum absolute atomic E-state index is 0.625. The number of aromatic nitrogens is 3. The maximum atomic E-state index is 4.34. The second kappa shape index (κ2) is 3.25. The summed E-state index contributed by atoms with van der Waals surface area (Å²) in [6.07, 6.45) is 8.52. The van der Waals surface area contributed by atoms with E-state index in [-0.39, 0.29) is 0 Å². The Morgan fingerprint density at radius 3 is 2.67 bits per heavy atom. The Labute approximate surface area is 72.8 Å². The van der Waals surface area contributed by atoms with E-state index in [0.29, 0.717) is 6.04 Å². The Kier molecular flexibility index (Phi) is 2.11. The average molecular weight is 165 g/mol. The van der Waals surface area contributed by atoms with Crippen LogP contribution in [0, 0.1) is 6.92 Å². The van der Waals surface area contributed by atoms with Gasteiger partial charge in [-0.05, 0) is 19.8 Å². The maximum Gasteiger partial charge on any atom is 0.147 e. The van der Waals surface area contributed by atoms with Crippen molar-refractivity contribution in [3.05, 3.63) is 12.2 Å². The third-order valence-electron chi connectivity index (χ3n) is 2.57.